The molecule has 198 valence electrons. The molecule has 38 heavy (non-hydrogen) atoms. The molecule has 0 fully saturated rings. The average molecular weight is 520 g/mol. The lowest BCUT2D eigenvalue weighted by molar-refractivity contribution is -0.172. The summed E-state index contributed by atoms with van der Waals surface area (Å²) in [5.74, 6) is -1.66. The third-order valence-corrected chi connectivity index (χ3v) is 7.56. The summed E-state index contributed by atoms with van der Waals surface area (Å²) in [5, 5.41) is 14.6. The maximum Gasteiger partial charge on any atom is 0.343 e. The second-order valence-corrected chi connectivity index (χ2v) is 9.67. The lowest BCUT2D eigenvalue weighted by atomic mass is 9.86. The average Bonchev–Trinajstić information content (AvgIpc) is 3.27. The van der Waals surface area contributed by atoms with Gasteiger partial charge in [0, 0.05) is 29.9 Å². The van der Waals surface area contributed by atoms with Crippen molar-refractivity contribution in [2.24, 2.45) is 0 Å². The van der Waals surface area contributed by atoms with Crippen LogP contribution in [0.1, 0.15) is 55.0 Å². The summed E-state index contributed by atoms with van der Waals surface area (Å²) in [4.78, 5) is 55.1. The molecule has 1 amide bonds. The second-order valence-electron chi connectivity index (χ2n) is 9.67. The van der Waals surface area contributed by atoms with Crippen LogP contribution < -0.4 is 10.9 Å². The normalized spacial score (nSPS) is 18.3. The summed E-state index contributed by atoms with van der Waals surface area (Å²) >= 11 is 0. The maximum absolute atomic E-state index is 13.5. The predicted octanol–water partition coefficient (Wildman–Crippen LogP) is 1.86. The fraction of sp³-hybridized carbons (Fsp3) is 0.393. The Morgan fingerprint density at radius 3 is 2.68 bits per heavy atom. The van der Waals surface area contributed by atoms with E-state index in [0.29, 0.717) is 23.3 Å². The van der Waals surface area contributed by atoms with Crippen molar-refractivity contribution in [1.29, 1.82) is 0 Å². The second kappa shape index (κ2) is 9.36. The first-order chi connectivity index (χ1) is 18.1. The molecule has 0 aliphatic carbocycles. The minimum Gasteiger partial charge on any atom is -0.467 e. The molecule has 0 radical (unpaired) electrons. The summed E-state index contributed by atoms with van der Waals surface area (Å²) in [6.45, 7) is 5.11. The van der Waals surface area contributed by atoms with Crippen molar-refractivity contribution < 1.29 is 29.0 Å². The van der Waals surface area contributed by atoms with Crippen LogP contribution in [0.5, 0.6) is 0 Å². The molecule has 3 aromatic rings. The van der Waals surface area contributed by atoms with Gasteiger partial charge in [-0.3, -0.25) is 9.59 Å². The molecule has 2 atom stereocenters. The molecule has 0 saturated heterocycles. The summed E-state index contributed by atoms with van der Waals surface area (Å²) in [6.07, 6.45) is 0.907. The van der Waals surface area contributed by atoms with Gasteiger partial charge >= 0.3 is 11.9 Å². The molecular formula is C28H29N3O7. The van der Waals surface area contributed by atoms with Crippen molar-refractivity contribution in [2.45, 2.75) is 64.8 Å². The van der Waals surface area contributed by atoms with Gasteiger partial charge < -0.3 is 24.5 Å². The molecule has 5 rings (SSSR count). The Balaban J connectivity index is 1.70. The highest BCUT2D eigenvalue weighted by molar-refractivity contribution is 5.92. The van der Waals surface area contributed by atoms with Crippen molar-refractivity contribution in [3.63, 3.8) is 0 Å². The number of benzene rings is 1. The Morgan fingerprint density at radius 2 is 2.03 bits per heavy atom. The number of fused-ring (bicyclic) bond motifs is 5. The summed E-state index contributed by atoms with van der Waals surface area (Å²) in [6, 6.07) is 6.42. The summed E-state index contributed by atoms with van der Waals surface area (Å²) in [7, 11) is 1.28. The highest BCUT2D eigenvalue weighted by atomic mass is 16.6. The number of ether oxygens (including phenoxy) is 2. The number of aliphatic hydroxyl groups is 1. The number of hydrogen-bond donors (Lipinski definition) is 2. The van der Waals surface area contributed by atoms with E-state index in [2.05, 4.69) is 5.32 Å². The van der Waals surface area contributed by atoms with E-state index in [0.717, 1.165) is 22.1 Å². The first-order valence-electron chi connectivity index (χ1n) is 12.6. The number of carbonyl (C=O) groups is 3. The van der Waals surface area contributed by atoms with Gasteiger partial charge in [0.25, 0.3) is 5.56 Å². The van der Waals surface area contributed by atoms with E-state index >= 15 is 0 Å². The molecular weight excluding hydrogens is 490 g/mol. The van der Waals surface area contributed by atoms with Crippen LogP contribution in [0.4, 0.5) is 0 Å². The van der Waals surface area contributed by atoms with Gasteiger partial charge in [0.05, 0.1) is 36.1 Å². The van der Waals surface area contributed by atoms with Crippen molar-refractivity contribution in [2.75, 3.05) is 7.11 Å². The van der Waals surface area contributed by atoms with E-state index in [9.17, 15) is 24.3 Å². The molecule has 1 aromatic carbocycles. The van der Waals surface area contributed by atoms with Crippen LogP contribution in [0, 0.1) is 0 Å². The Morgan fingerprint density at radius 1 is 1.26 bits per heavy atom. The number of aryl methyl sites for hydroxylation is 1. The summed E-state index contributed by atoms with van der Waals surface area (Å²) in [5.41, 5.74) is 2.82. The van der Waals surface area contributed by atoms with E-state index < -0.39 is 23.6 Å². The number of cyclic esters (lactones) is 1. The Bertz CT molecular complexity index is 1580. The largest absolute Gasteiger partial charge is 0.467 e. The lowest BCUT2D eigenvalue weighted by Gasteiger charge is -2.31. The molecule has 10 nitrogen and oxygen atoms in total. The lowest BCUT2D eigenvalue weighted by Crippen LogP contribution is -2.44. The van der Waals surface area contributed by atoms with Gasteiger partial charge in [-0.05, 0) is 36.1 Å². The van der Waals surface area contributed by atoms with E-state index in [-0.39, 0.29) is 48.6 Å². The summed E-state index contributed by atoms with van der Waals surface area (Å²) < 4.78 is 11.7. The molecule has 2 aliphatic rings. The standard InChI is InChI=1S/C28H29N3O7/c1-5-16-17-12-31-22(11-19-18(25(31)33)13-38-27(35)28(19,36)6-2)24(17)30-20-9-7-8-15(23(16)20)10-21(26(34)37-4)29-14(3)32/h7-9,11,21,36H,5-6,10,12-13H2,1-4H3,(H,29,32)/t21?,28-/m0/s1. The van der Waals surface area contributed by atoms with Crippen molar-refractivity contribution >= 4 is 28.7 Å². The zero-order chi connectivity index (χ0) is 27.4. The number of hydrogen-bond acceptors (Lipinski definition) is 8. The molecule has 10 heteroatoms. The first kappa shape index (κ1) is 25.6. The van der Waals surface area contributed by atoms with Gasteiger partial charge in [-0.1, -0.05) is 26.0 Å². The predicted molar refractivity (Wildman–Crippen MR) is 137 cm³/mol. The molecule has 2 aliphatic heterocycles. The van der Waals surface area contributed by atoms with Crippen molar-refractivity contribution in [3.8, 4) is 11.4 Å². The fourth-order valence-electron chi connectivity index (χ4n) is 5.66. The highest BCUT2D eigenvalue weighted by Gasteiger charge is 2.45. The van der Waals surface area contributed by atoms with E-state index in [1.807, 2.05) is 25.1 Å². The number of nitrogens with zero attached hydrogens (tertiary/aromatic N) is 2. The minimum atomic E-state index is -1.89. The van der Waals surface area contributed by atoms with Crippen LogP contribution >= 0.6 is 0 Å². The third kappa shape index (κ3) is 3.78. The molecule has 0 bridgehead atoms. The van der Waals surface area contributed by atoms with Gasteiger partial charge in [0.2, 0.25) is 5.91 Å². The molecule has 0 spiro atoms. The zero-order valence-corrected chi connectivity index (χ0v) is 21.7. The number of methoxy groups -OCH3 is 1. The SMILES string of the molecule is CCc1c2c(nc3cccc(CC(NC(C)=O)C(=O)OC)c13)-c1cc3c(c(=O)n1C2)COC(=O)[C@]3(O)CC. The monoisotopic (exact) mass is 519 g/mol. The number of carbonyl (C=O) groups excluding carboxylic acids is 3. The number of aromatic nitrogens is 2. The zero-order valence-electron chi connectivity index (χ0n) is 21.7. The van der Waals surface area contributed by atoms with Gasteiger partial charge in [0.15, 0.2) is 5.60 Å². The Kier molecular flexibility index (Phi) is 6.30. The molecule has 1 unspecified atom stereocenters. The first-order valence-corrected chi connectivity index (χ1v) is 12.6. The highest BCUT2D eigenvalue weighted by Crippen LogP contribution is 2.41. The maximum atomic E-state index is 13.5. The van der Waals surface area contributed by atoms with Crippen LogP contribution in [0.3, 0.4) is 0 Å². The molecule has 4 heterocycles. The Hall–Kier alpha value is -4.05. The minimum absolute atomic E-state index is 0.0684. The molecule has 0 saturated carbocycles. The molecule has 2 N–H and O–H groups in total. The van der Waals surface area contributed by atoms with Crippen LogP contribution in [-0.2, 0) is 55.5 Å². The quantitative estimate of drug-likeness (QED) is 0.369. The Labute approximate surface area is 218 Å². The molecule has 2 aromatic heterocycles. The number of nitrogens with one attached hydrogen (secondary N) is 1. The van der Waals surface area contributed by atoms with Crippen LogP contribution in [-0.4, -0.2) is 45.7 Å². The topological polar surface area (TPSA) is 137 Å². The fourth-order valence-corrected chi connectivity index (χ4v) is 5.66. The van der Waals surface area contributed by atoms with Crippen LogP contribution in [0.2, 0.25) is 0 Å². The third-order valence-electron chi connectivity index (χ3n) is 7.56. The van der Waals surface area contributed by atoms with Crippen LogP contribution in [0.15, 0.2) is 29.1 Å². The number of pyridine rings is 2. The van der Waals surface area contributed by atoms with E-state index in [1.165, 1.54) is 14.0 Å². The van der Waals surface area contributed by atoms with Crippen LogP contribution in [0.25, 0.3) is 22.3 Å². The van der Waals surface area contributed by atoms with Gasteiger partial charge in [0.1, 0.15) is 12.6 Å². The van der Waals surface area contributed by atoms with E-state index in [4.69, 9.17) is 14.5 Å². The smallest absolute Gasteiger partial charge is 0.343 e. The van der Waals surface area contributed by atoms with Gasteiger partial charge in [-0.25, -0.2) is 14.6 Å². The number of esters is 2. The van der Waals surface area contributed by atoms with Gasteiger partial charge in [-0.15, -0.1) is 0 Å². The van der Waals surface area contributed by atoms with Crippen molar-refractivity contribution in [1.82, 2.24) is 14.9 Å². The number of amides is 1. The van der Waals surface area contributed by atoms with Crippen molar-refractivity contribution in [3.05, 3.63) is 62.4 Å². The van der Waals surface area contributed by atoms with Gasteiger partial charge in [-0.2, -0.15) is 0 Å². The number of rotatable bonds is 6. The van der Waals surface area contributed by atoms with E-state index in [1.54, 1.807) is 17.6 Å².